The molecule has 1 N–H and O–H groups in total. The largest absolute Gasteiger partial charge is 0.322 e. The fourth-order valence-electron chi connectivity index (χ4n) is 4.19. The topological polar surface area (TPSA) is 66.5 Å². The Morgan fingerprint density at radius 3 is 2.46 bits per heavy atom. The fraction of sp³-hybridized carbons (Fsp3) is 0.389. The van der Waals surface area contributed by atoms with Gasteiger partial charge in [0.05, 0.1) is 17.5 Å². The number of carbonyl (C=O) groups is 3. The Labute approximate surface area is 138 Å². The van der Waals surface area contributed by atoms with Crippen molar-refractivity contribution >= 4 is 23.4 Å². The third-order valence-corrected chi connectivity index (χ3v) is 5.26. The lowest BCUT2D eigenvalue weighted by atomic mass is 9.85. The van der Waals surface area contributed by atoms with Crippen LogP contribution in [0, 0.1) is 36.4 Å². The van der Waals surface area contributed by atoms with E-state index in [2.05, 4.69) is 5.32 Å². The van der Waals surface area contributed by atoms with Crippen LogP contribution in [0.5, 0.6) is 0 Å². The van der Waals surface area contributed by atoms with Gasteiger partial charge in [0.15, 0.2) is 0 Å². The first kappa shape index (κ1) is 15.1. The van der Waals surface area contributed by atoms with Crippen molar-refractivity contribution in [3.63, 3.8) is 0 Å². The Bertz CT molecular complexity index is 758. The van der Waals surface area contributed by atoms with E-state index < -0.39 is 11.7 Å². The van der Waals surface area contributed by atoms with Gasteiger partial charge in [0.25, 0.3) is 0 Å². The molecule has 24 heavy (non-hydrogen) atoms. The van der Waals surface area contributed by atoms with E-state index in [4.69, 9.17) is 0 Å². The minimum atomic E-state index is -0.568. The molecule has 0 spiro atoms. The third kappa shape index (κ3) is 2.17. The number of hydrogen-bond acceptors (Lipinski definition) is 3. The molecule has 3 amide bonds. The summed E-state index contributed by atoms with van der Waals surface area (Å²) in [6, 6.07) is 4.38. The van der Waals surface area contributed by atoms with Crippen LogP contribution in [0.25, 0.3) is 0 Å². The number of nitrogens with zero attached hydrogens (tertiary/aromatic N) is 1. The van der Waals surface area contributed by atoms with Crippen LogP contribution in [-0.2, 0) is 14.4 Å². The summed E-state index contributed by atoms with van der Waals surface area (Å²) in [6.45, 7) is 1.42. The second-order valence-electron chi connectivity index (χ2n) is 6.79. The molecular weight excluding hydrogens is 311 g/mol. The highest BCUT2D eigenvalue weighted by atomic mass is 19.1. The van der Waals surface area contributed by atoms with E-state index in [0.29, 0.717) is 0 Å². The van der Waals surface area contributed by atoms with Crippen LogP contribution in [-0.4, -0.2) is 29.2 Å². The minimum Gasteiger partial charge on any atom is -0.322 e. The molecule has 1 aromatic rings. The molecule has 2 aliphatic carbocycles. The van der Waals surface area contributed by atoms with Gasteiger partial charge < -0.3 is 5.32 Å². The maximum Gasteiger partial charge on any atom is 0.244 e. The van der Waals surface area contributed by atoms with Crippen LogP contribution < -0.4 is 5.32 Å². The molecule has 1 saturated heterocycles. The molecule has 0 radical (unpaired) electrons. The number of carbonyl (C=O) groups excluding carboxylic acids is 3. The summed E-state index contributed by atoms with van der Waals surface area (Å²) in [4.78, 5) is 38.2. The molecule has 124 valence electrons. The number of imide groups is 1. The van der Waals surface area contributed by atoms with Crippen molar-refractivity contribution < 1.29 is 18.8 Å². The summed E-state index contributed by atoms with van der Waals surface area (Å²) in [6.07, 6.45) is 4.85. The summed E-state index contributed by atoms with van der Waals surface area (Å²) in [5, 5.41) is 2.45. The lowest BCUT2D eigenvalue weighted by Gasteiger charge is -2.17. The summed E-state index contributed by atoms with van der Waals surface area (Å²) in [5.74, 6) is -2.10. The first-order valence-corrected chi connectivity index (χ1v) is 8.05. The van der Waals surface area contributed by atoms with Gasteiger partial charge in [0, 0.05) is 0 Å². The van der Waals surface area contributed by atoms with Crippen LogP contribution in [0.2, 0.25) is 0 Å². The van der Waals surface area contributed by atoms with Gasteiger partial charge in [-0.15, -0.1) is 0 Å². The highest BCUT2D eigenvalue weighted by Crippen LogP contribution is 2.52. The quantitative estimate of drug-likeness (QED) is 0.680. The molecule has 1 aromatic carbocycles. The van der Waals surface area contributed by atoms with Gasteiger partial charge >= 0.3 is 0 Å². The summed E-state index contributed by atoms with van der Waals surface area (Å²) in [7, 11) is 0. The van der Waals surface area contributed by atoms with Gasteiger partial charge in [-0.1, -0.05) is 18.2 Å². The van der Waals surface area contributed by atoms with E-state index in [1.54, 1.807) is 13.0 Å². The number of hydrogen-bond donors (Lipinski definition) is 1. The highest BCUT2D eigenvalue weighted by molar-refractivity contribution is 6.09. The van der Waals surface area contributed by atoms with E-state index in [1.165, 1.54) is 12.1 Å². The zero-order valence-electron chi connectivity index (χ0n) is 13.2. The van der Waals surface area contributed by atoms with Crippen molar-refractivity contribution in [3.8, 4) is 0 Å². The van der Waals surface area contributed by atoms with E-state index in [0.717, 1.165) is 16.9 Å². The Kier molecular flexibility index (Phi) is 3.30. The smallest absolute Gasteiger partial charge is 0.244 e. The van der Waals surface area contributed by atoms with Crippen LogP contribution >= 0.6 is 0 Å². The van der Waals surface area contributed by atoms with E-state index in [9.17, 15) is 18.8 Å². The number of anilines is 1. The normalized spacial score (nSPS) is 30.2. The lowest BCUT2D eigenvalue weighted by molar-refractivity contribution is -0.143. The van der Waals surface area contributed by atoms with Gasteiger partial charge in [0.2, 0.25) is 17.7 Å². The molecule has 2 fully saturated rings. The van der Waals surface area contributed by atoms with E-state index in [-0.39, 0.29) is 47.7 Å². The summed E-state index contributed by atoms with van der Waals surface area (Å²) < 4.78 is 13.7. The van der Waals surface area contributed by atoms with Crippen molar-refractivity contribution in [3.05, 3.63) is 41.7 Å². The SMILES string of the molecule is Cc1ccc(F)c(NC(=O)CN2C(=O)C3C4C=CC(C4)C3C2=O)c1. The molecule has 0 aromatic heterocycles. The van der Waals surface area contributed by atoms with Crippen LogP contribution in [0.4, 0.5) is 10.1 Å². The Balaban J connectivity index is 1.48. The van der Waals surface area contributed by atoms with Crippen molar-refractivity contribution in [1.82, 2.24) is 4.90 Å². The number of aryl methyl sites for hydroxylation is 1. The predicted octanol–water partition coefficient (Wildman–Crippen LogP) is 1.88. The zero-order chi connectivity index (χ0) is 17.0. The maximum absolute atomic E-state index is 13.7. The summed E-state index contributed by atoms with van der Waals surface area (Å²) in [5.41, 5.74) is 0.859. The lowest BCUT2D eigenvalue weighted by Crippen LogP contribution is -2.39. The number of fused-ring (bicyclic) bond motifs is 5. The number of halogens is 1. The fourth-order valence-corrected chi connectivity index (χ4v) is 4.19. The van der Waals surface area contributed by atoms with Gasteiger partial charge in [-0.05, 0) is 42.9 Å². The molecule has 5 nitrogen and oxygen atoms in total. The molecule has 1 aliphatic heterocycles. The molecular formula is C18H17FN2O3. The van der Waals surface area contributed by atoms with Crippen molar-refractivity contribution in [1.29, 1.82) is 0 Å². The standard InChI is InChI=1S/C18H17FN2O3/c1-9-2-5-12(19)13(6-9)20-14(22)8-21-17(23)15-10-3-4-11(7-10)16(15)18(21)24/h2-6,10-11,15-16H,7-8H2,1H3,(H,20,22). The number of amides is 3. The maximum atomic E-state index is 13.7. The van der Waals surface area contributed by atoms with Crippen LogP contribution in [0.15, 0.2) is 30.4 Å². The second kappa shape index (κ2) is 5.26. The minimum absolute atomic E-state index is 0.0565. The molecule has 6 heteroatoms. The van der Waals surface area contributed by atoms with Crippen molar-refractivity contribution in [2.45, 2.75) is 13.3 Å². The Morgan fingerprint density at radius 2 is 1.83 bits per heavy atom. The van der Waals surface area contributed by atoms with E-state index >= 15 is 0 Å². The van der Waals surface area contributed by atoms with Crippen LogP contribution in [0.3, 0.4) is 0 Å². The Morgan fingerprint density at radius 1 is 1.21 bits per heavy atom. The summed E-state index contributed by atoms with van der Waals surface area (Å²) >= 11 is 0. The molecule has 4 atom stereocenters. The number of nitrogens with one attached hydrogen (secondary N) is 1. The van der Waals surface area contributed by atoms with E-state index in [1.807, 2.05) is 12.2 Å². The number of benzene rings is 1. The molecule has 1 saturated carbocycles. The monoisotopic (exact) mass is 328 g/mol. The third-order valence-electron chi connectivity index (χ3n) is 5.26. The molecule has 4 unspecified atom stereocenters. The highest BCUT2D eigenvalue weighted by Gasteiger charge is 2.59. The average Bonchev–Trinajstić information content (AvgIpc) is 3.21. The first-order valence-electron chi connectivity index (χ1n) is 8.05. The number of likely N-dealkylation sites (tertiary alicyclic amines) is 1. The van der Waals surface area contributed by atoms with Gasteiger partial charge in [-0.2, -0.15) is 0 Å². The zero-order valence-corrected chi connectivity index (χ0v) is 13.2. The van der Waals surface area contributed by atoms with Gasteiger partial charge in [-0.25, -0.2) is 4.39 Å². The molecule has 2 bridgehead atoms. The molecule has 3 aliphatic rings. The number of rotatable bonds is 3. The number of allylic oxidation sites excluding steroid dienone is 2. The first-order chi connectivity index (χ1) is 11.5. The van der Waals surface area contributed by atoms with Gasteiger partial charge in [0.1, 0.15) is 12.4 Å². The van der Waals surface area contributed by atoms with Crippen molar-refractivity contribution in [2.75, 3.05) is 11.9 Å². The Hall–Kier alpha value is -2.50. The average molecular weight is 328 g/mol. The molecule has 4 rings (SSSR count). The van der Waals surface area contributed by atoms with Crippen LogP contribution in [0.1, 0.15) is 12.0 Å². The second-order valence-corrected chi connectivity index (χ2v) is 6.79. The van der Waals surface area contributed by atoms with Gasteiger partial charge in [-0.3, -0.25) is 19.3 Å². The predicted molar refractivity (Wildman–Crippen MR) is 84.2 cm³/mol. The van der Waals surface area contributed by atoms with Crippen molar-refractivity contribution in [2.24, 2.45) is 23.7 Å². The molecule has 1 heterocycles.